The average molecular weight is 301 g/mol. The number of hydrogen-bond acceptors (Lipinski definition) is 4. The molecule has 1 amide bonds. The number of nitrogens with one attached hydrogen (secondary N) is 1. The van der Waals surface area contributed by atoms with Crippen molar-refractivity contribution in [2.45, 2.75) is 78.9 Å². The number of rotatable bonds is 8. The van der Waals surface area contributed by atoms with Gasteiger partial charge in [-0.25, -0.2) is 9.59 Å². The van der Waals surface area contributed by atoms with Crippen LogP contribution in [0.2, 0.25) is 0 Å². The minimum absolute atomic E-state index is 0.401. The molecule has 0 aliphatic carbocycles. The maximum atomic E-state index is 11.9. The molecule has 0 aliphatic rings. The number of alkyl carbamates (subject to hydrolysis) is 1. The van der Waals surface area contributed by atoms with Gasteiger partial charge in [-0.15, -0.1) is 0 Å². The summed E-state index contributed by atoms with van der Waals surface area (Å²) in [5.41, 5.74) is -0.582. The van der Waals surface area contributed by atoms with E-state index in [-0.39, 0.29) is 0 Å². The van der Waals surface area contributed by atoms with Crippen LogP contribution in [0.15, 0.2) is 0 Å². The van der Waals surface area contributed by atoms with Crippen molar-refractivity contribution in [2.75, 3.05) is 6.61 Å². The van der Waals surface area contributed by atoms with Gasteiger partial charge in [0, 0.05) is 0 Å². The number of carbonyl (C=O) groups excluding carboxylic acids is 2. The Balaban J connectivity index is 4.17. The Hall–Kier alpha value is -1.26. The number of amides is 1. The maximum absolute atomic E-state index is 11.9. The summed E-state index contributed by atoms with van der Waals surface area (Å²) >= 11 is 0. The van der Waals surface area contributed by atoms with Crippen molar-refractivity contribution in [2.24, 2.45) is 5.92 Å². The van der Waals surface area contributed by atoms with E-state index in [9.17, 15) is 9.59 Å². The first-order chi connectivity index (χ1) is 9.69. The molecule has 0 aromatic carbocycles. The Morgan fingerprint density at radius 3 is 2.05 bits per heavy atom. The van der Waals surface area contributed by atoms with Gasteiger partial charge in [-0.1, -0.05) is 26.7 Å². The van der Waals surface area contributed by atoms with Crippen LogP contribution in [-0.2, 0) is 14.3 Å². The fourth-order valence-corrected chi connectivity index (χ4v) is 2.00. The quantitative estimate of drug-likeness (QED) is 0.695. The lowest BCUT2D eigenvalue weighted by Crippen LogP contribution is -2.42. The van der Waals surface area contributed by atoms with E-state index in [2.05, 4.69) is 19.2 Å². The zero-order valence-corrected chi connectivity index (χ0v) is 14.3. The first-order valence-corrected chi connectivity index (χ1v) is 7.85. The van der Waals surface area contributed by atoms with Crippen LogP contribution in [0.5, 0.6) is 0 Å². The van der Waals surface area contributed by atoms with E-state index < -0.39 is 23.7 Å². The number of carbonyl (C=O) groups is 2. The summed E-state index contributed by atoms with van der Waals surface area (Å²) < 4.78 is 10.4. The maximum Gasteiger partial charge on any atom is 0.408 e. The molecule has 0 fully saturated rings. The van der Waals surface area contributed by atoms with Gasteiger partial charge >= 0.3 is 12.1 Å². The first kappa shape index (κ1) is 19.7. The van der Waals surface area contributed by atoms with Gasteiger partial charge in [-0.3, -0.25) is 0 Å². The Morgan fingerprint density at radius 2 is 1.62 bits per heavy atom. The molecule has 0 spiro atoms. The molecule has 0 saturated heterocycles. The second kappa shape index (κ2) is 9.64. The molecule has 0 aromatic heterocycles. The molecule has 5 heteroatoms. The van der Waals surface area contributed by atoms with Gasteiger partial charge in [0.25, 0.3) is 0 Å². The van der Waals surface area contributed by atoms with Crippen LogP contribution in [0.25, 0.3) is 0 Å². The second-order valence-electron chi connectivity index (χ2n) is 6.44. The largest absolute Gasteiger partial charge is 0.464 e. The molecule has 0 saturated carbocycles. The van der Waals surface area contributed by atoms with Crippen molar-refractivity contribution in [1.29, 1.82) is 0 Å². The van der Waals surface area contributed by atoms with E-state index >= 15 is 0 Å². The minimum Gasteiger partial charge on any atom is -0.464 e. The first-order valence-electron chi connectivity index (χ1n) is 7.85. The average Bonchev–Trinajstić information content (AvgIpc) is 2.33. The summed E-state index contributed by atoms with van der Waals surface area (Å²) in [6, 6.07) is -0.705. The zero-order chi connectivity index (χ0) is 16.5. The van der Waals surface area contributed by atoms with Gasteiger partial charge in [-0.2, -0.15) is 0 Å². The Kier molecular flexibility index (Phi) is 9.06. The third-order valence-electron chi connectivity index (χ3n) is 2.94. The molecule has 0 rings (SSSR count). The molecule has 0 aromatic rings. The van der Waals surface area contributed by atoms with Crippen molar-refractivity contribution < 1.29 is 19.1 Å². The lowest BCUT2D eigenvalue weighted by molar-refractivity contribution is -0.147. The van der Waals surface area contributed by atoms with Crippen LogP contribution in [-0.4, -0.2) is 30.3 Å². The smallest absolute Gasteiger partial charge is 0.408 e. The van der Waals surface area contributed by atoms with Gasteiger partial charge in [0.15, 0.2) is 0 Å². The van der Waals surface area contributed by atoms with Gasteiger partial charge in [0.05, 0.1) is 6.61 Å². The number of ether oxygens (including phenoxy) is 2. The molecule has 0 aliphatic heterocycles. The highest BCUT2D eigenvalue weighted by Gasteiger charge is 2.22. The minimum atomic E-state index is -0.705. The van der Waals surface area contributed by atoms with Crippen LogP contribution in [0.4, 0.5) is 4.79 Å². The predicted molar refractivity (Wildman–Crippen MR) is 83.1 cm³/mol. The van der Waals surface area contributed by atoms with Crippen LogP contribution < -0.4 is 5.32 Å². The Morgan fingerprint density at radius 1 is 1.10 bits per heavy atom. The summed E-state index contributed by atoms with van der Waals surface area (Å²) in [6.07, 6.45) is 3.65. The van der Waals surface area contributed by atoms with Crippen molar-refractivity contribution in [3.63, 3.8) is 0 Å². The van der Waals surface area contributed by atoms with Crippen LogP contribution in [0, 0.1) is 5.92 Å². The van der Waals surface area contributed by atoms with Gasteiger partial charge in [0.2, 0.25) is 0 Å². The topological polar surface area (TPSA) is 64.6 Å². The molecular weight excluding hydrogens is 270 g/mol. The van der Waals surface area contributed by atoms with E-state index in [1.807, 2.05) is 0 Å². The third kappa shape index (κ3) is 10.2. The second-order valence-corrected chi connectivity index (χ2v) is 6.44. The molecule has 0 radical (unpaired) electrons. The molecule has 1 atom stereocenters. The summed E-state index contributed by atoms with van der Waals surface area (Å²) in [7, 11) is 0. The van der Waals surface area contributed by atoms with E-state index in [0.717, 1.165) is 25.7 Å². The van der Waals surface area contributed by atoms with Crippen LogP contribution in [0.3, 0.4) is 0 Å². The molecule has 0 bridgehead atoms. The van der Waals surface area contributed by atoms with Gasteiger partial charge in [0.1, 0.15) is 11.6 Å². The third-order valence-corrected chi connectivity index (χ3v) is 2.94. The van der Waals surface area contributed by atoms with E-state index in [1.165, 1.54) is 0 Å². The highest BCUT2D eigenvalue weighted by Crippen LogP contribution is 2.14. The summed E-state index contributed by atoms with van der Waals surface area (Å²) in [4.78, 5) is 23.4. The summed E-state index contributed by atoms with van der Waals surface area (Å²) in [6.45, 7) is 11.6. The highest BCUT2D eigenvalue weighted by atomic mass is 16.6. The standard InChI is InChI=1S/C16H31NO4/c1-7-9-13(10-8-2)11-20-14(18)12(3)17-15(19)21-16(4,5)6/h12-13H,7-11H2,1-6H3,(H,17,19). The Labute approximate surface area is 128 Å². The lowest BCUT2D eigenvalue weighted by Gasteiger charge is -2.22. The normalized spacial score (nSPS) is 12.9. The van der Waals surface area contributed by atoms with Crippen LogP contribution >= 0.6 is 0 Å². The molecule has 21 heavy (non-hydrogen) atoms. The number of hydrogen-bond donors (Lipinski definition) is 1. The zero-order valence-electron chi connectivity index (χ0n) is 14.3. The summed E-state index contributed by atoms with van der Waals surface area (Å²) in [5, 5.41) is 2.49. The van der Waals surface area contributed by atoms with Gasteiger partial charge < -0.3 is 14.8 Å². The molecule has 124 valence electrons. The van der Waals surface area contributed by atoms with Crippen molar-refractivity contribution in [3.8, 4) is 0 Å². The van der Waals surface area contributed by atoms with E-state index in [1.54, 1.807) is 27.7 Å². The summed E-state index contributed by atoms with van der Waals surface area (Å²) in [5.74, 6) is -0.0178. The van der Waals surface area contributed by atoms with E-state index in [0.29, 0.717) is 12.5 Å². The monoisotopic (exact) mass is 301 g/mol. The number of esters is 1. The molecular formula is C16H31NO4. The SMILES string of the molecule is CCCC(CCC)COC(=O)C(C)NC(=O)OC(C)(C)C. The molecule has 5 nitrogen and oxygen atoms in total. The molecule has 1 unspecified atom stereocenters. The Bertz CT molecular complexity index is 317. The predicted octanol–water partition coefficient (Wildman–Crippen LogP) is 3.66. The van der Waals surface area contributed by atoms with Crippen molar-refractivity contribution in [1.82, 2.24) is 5.32 Å². The molecule has 0 heterocycles. The van der Waals surface area contributed by atoms with E-state index in [4.69, 9.17) is 9.47 Å². The van der Waals surface area contributed by atoms with Crippen LogP contribution in [0.1, 0.15) is 67.2 Å². The van der Waals surface area contributed by atoms with Gasteiger partial charge in [-0.05, 0) is 46.5 Å². The fourth-order valence-electron chi connectivity index (χ4n) is 2.00. The van der Waals surface area contributed by atoms with Crippen molar-refractivity contribution >= 4 is 12.1 Å². The molecule has 1 N–H and O–H groups in total. The highest BCUT2D eigenvalue weighted by molar-refractivity contribution is 5.81. The fraction of sp³-hybridized carbons (Fsp3) is 0.875. The lowest BCUT2D eigenvalue weighted by atomic mass is 9.99. The van der Waals surface area contributed by atoms with Crippen molar-refractivity contribution in [3.05, 3.63) is 0 Å².